The Bertz CT molecular complexity index is 1940. The SMILES string of the molecule is COCc1ccc2c3c(ccc2c1-c1ccccc1)C1=C(CC(C)(C)C=C1)CC3(C)C.O=C(O)c1ccc2ccccc2c1. The van der Waals surface area contributed by atoms with Gasteiger partial charge in [0.05, 0.1) is 12.2 Å². The monoisotopic (exact) mass is 580 g/mol. The molecule has 222 valence electrons. The van der Waals surface area contributed by atoms with Crippen LogP contribution in [0.5, 0.6) is 0 Å². The molecule has 44 heavy (non-hydrogen) atoms. The molecule has 0 spiro atoms. The lowest BCUT2D eigenvalue weighted by atomic mass is 9.64. The lowest BCUT2D eigenvalue weighted by Crippen LogP contribution is -2.28. The Labute approximate surface area is 260 Å². The molecule has 3 nitrogen and oxygen atoms in total. The largest absolute Gasteiger partial charge is 0.478 e. The average molecular weight is 581 g/mol. The second-order valence-electron chi connectivity index (χ2n) is 13.4. The molecule has 0 aliphatic heterocycles. The van der Waals surface area contributed by atoms with Gasteiger partial charge >= 0.3 is 5.97 Å². The number of hydrogen-bond acceptors (Lipinski definition) is 2. The normalized spacial score (nSPS) is 16.2. The minimum absolute atomic E-state index is 0.103. The summed E-state index contributed by atoms with van der Waals surface area (Å²) < 4.78 is 5.57. The van der Waals surface area contributed by atoms with Crippen LogP contribution in [0.2, 0.25) is 0 Å². The van der Waals surface area contributed by atoms with Crippen molar-refractivity contribution in [2.24, 2.45) is 5.41 Å². The molecule has 5 aromatic carbocycles. The Hall–Kier alpha value is -4.47. The first kappa shape index (κ1) is 29.6. The fourth-order valence-electron chi connectivity index (χ4n) is 7.14. The van der Waals surface area contributed by atoms with Gasteiger partial charge in [0.25, 0.3) is 0 Å². The minimum Gasteiger partial charge on any atom is -0.478 e. The number of allylic oxidation sites excluding steroid dienone is 4. The highest BCUT2D eigenvalue weighted by Crippen LogP contribution is 2.51. The fourth-order valence-corrected chi connectivity index (χ4v) is 7.14. The van der Waals surface area contributed by atoms with E-state index in [0.717, 1.165) is 23.6 Å². The van der Waals surface area contributed by atoms with Crippen LogP contribution in [0.25, 0.3) is 38.2 Å². The molecule has 2 aliphatic rings. The van der Waals surface area contributed by atoms with Gasteiger partial charge in [-0.25, -0.2) is 4.79 Å². The Kier molecular flexibility index (Phi) is 7.77. The molecular weight excluding hydrogens is 540 g/mol. The highest BCUT2D eigenvalue weighted by atomic mass is 16.5. The Balaban J connectivity index is 0.000000220. The molecule has 0 bridgehead atoms. The van der Waals surface area contributed by atoms with Crippen LogP contribution < -0.4 is 0 Å². The van der Waals surface area contributed by atoms with Crippen LogP contribution in [0.1, 0.15) is 67.6 Å². The molecule has 2 aliphatic carbocycles. The Morgan fingerprint density at radius 1 is 0.795 bits per heavy atom. The smallest absolute Gasteiger partial charge is 0.335 e. The fraction of sp³-hybridized carbons (Fsp3) is 0.244. The summed E-state index contributed by atoms with van der Waals surface area (Å²) in [4.78, 5) is 10.6. The maximum Gasteiger partial charge on any atom is 0.335 e. The van der Waals surface area contributed by atoms with E-state index in [9.17, 15) is 4.79 Å². The van der Waals surface area contributed by atoms with Crippen LogP contribution in [0.15, 0.2) is 115 Å². The molecule has 0 unspecified atom stereocenters. The van der Waals surface area contributed by atoms with E-state index < -0.39 is 5.97 Å². The molecular formula is C41H40O3. The predicted octanol–water partition coefficient (Wildman–Crippen LogP) is 10.6. The van der Waals surface area contributed by atoms with Gasteiger partial charge in [-0.15, -0.1) is 0 Å². The molecule has 0 saturated carbocycles. The lowest BCUT2D eigenvalue weighted by Gasteiger charge is -2.40. The van der Waals surface area contributed by atoms with Crippen molar-refractivity contribution in [3.63, 3.8) is 0 Å². The van der Waals surface area contributed by atoms with Crippen molar-refractivity contribution in [2.45, 2.75) is 52.6 Å². The van der Waals surface area contributed by atoms with Gasteiger partial charge in [-0.1, -0.05) is 130 Å². The van der Waals surface area contributed by atoms with E-state index in [1.807, 2.05) is 30.3 Å². The van der Waals surface area contributed by atoms with Crippen LogP contribution in [-0.2, 0) is 16.8 Å². The van der Waals surface area contributed by atoms with E-state index >= 15 is 0 Å². The number of rotatable bonds is 4. The first-order valence-corrected chi connectivity index (χ1v) is 15.4. The lowest BCUT2D eigenvalue weighted by molar-refractivity contribution is 0.0697. The number of carboxylic acid groups (broad SMARTS) is 1. The number of benzene rings is 5. The predicted molar refractivity (Wildman–Crippen MR) is 183 cm³/mol. The molecule has 0 aromatic heterocycles. The van der Waals surface area contributed by atoms with Gasteiger partial charge in [0.2, 0.25) is 0 Å². The van der Waals surface area contributed by atoms with E-state index in [4.69, 9.17) is 9.84 Å². The summed E-state index contributed by atoms with van der Waals surface area (Å²) in [6.45, 7) is 10.2. The number of methoxy groups -OCH3 is 1. The Morgan fingerprint density at radius 3 is 2.23 bits per heavy atom. The second-order valence-corrected chi connectivity index (χ2v) is 13.4. The van der Waals surface area contributed by atoms with Crippen molar-refractivity contribution >= 4 is 33.1 Å². The molecule has 0 fully saturated rings. The van der Waals surface area contributed by atoms with E-state index in [2.05, 4.69) is 94.4 Å². The van der Waals surface area contributed by atoms with Gasteiger partial charge in [-0.05, 0) is 90.7 Å². The van der Waals surface area contributed by atoms with Crippen LogP contribution in [-0.4, -0.2) is 18.2 Å². The summed E-state index contributed by atoms with van der Waals surface area (Å²) >= 11 is 0. The highest BCUT2D eigenvalue weighted by Gasteiger charge is 2.36. The highest BCUT2D eigenvalue weighted by molar-refractivity contribution is 6.03. The summed E-state index contributed by atoms with van der Waals surface area (Å²) in [5, 5.41) is 13.5. The van der Waals surface area contributed by atoms with Crippen molar-refractivity contribution in [1.82, 2.24) is 0 Å². The van der Waals surface area contributed by atoms with Crippen LogP contribution in [0, 0.1) is 5.41 Å². The van der Waals surface area contributed by atoms with E-state index in [-0.39, 0.29) is 10.8 Å². The molecule has 1 N–H and O–H groups in total. The molecule has 3 heteroatoms. The molecule has 5 aromatic rings. The van der Waals surface area contributed by atoms with Crippen molar-refractivity contribution in [1.29, 1.82) is 0 Å². The third-order valence-corrected chi connectivity index (χ3v) is 9.02. The quantitative estimate of drug-likeness (QED) is 0.230. The minimum atomic E-state index is -0.884. The maximum absolute atomic E-state index is 10.6. The maximum atomic E-state index is 10.6. The molecule has 0 atom stereocenters. The average Bonchev–Trinajstić information content (AvgIpc) is 3.00. The zero-order valence-electron chi connectivity index (χ0n) is 26.3. The topological polar surface area (TPSA) is 46.5 Å². The molecule has 0 amide bonds. The van der Waals surface area contributed by atoms with Crippen LogP contribution >= 0.6 is 0 Å². The van der Waals surface area contributed by atoms with Gasteiger partial charge in [0.15, 0.2) is 0 Å². The zero-order valence-corrected chi connectivity index (χ0v) is 26.3. The number of carbonyl (C=O) groups is 1. The van der Waals surface area contributed by atoms with E-state index in [1.54, 1.807) is 24.8 Å². The van der Waals surface area contributed by atoms with Crippen LogP contribution in [0.4, 0.5) is 0 Å². The summed E-state index contributed by atoms with van der Waals surface area (Å²) in [6.07, 6.45) is 7.07. The third kappa shape index (κ3) is 5.60. The summed E-state index contributed by atoms with van der Waals surface area (Å²) in [7, 11) is 1.78. The Morgan fingerprint density at radius 2 is 1.50 bits per heavy atom. The number of ether oxygens (including phenoxy) is 1. The van der Waals surface area contributed by atoms with Gasteiger partial charge < -0.3 is 9.84 Å². The second kappa shape index (κ2) is 11.6. The van der Waals surface area contributed by atoms with Crippen molar-refractivity contribution in [3.05, 3.63) is 137 Å². The van der Waals surface area contributed by atoms with E-state index in [0.29, 0.717) is 12.2 Å². The molecule has 0 radical (unpaired) electrons. The van der Waals surface area contributed by atoms with Crippen LogP contribution in [0.3, 0.4) is 0 Å². The van der Waals surface area contributed by atoms with Crippen molar-refractivity contribution in [3.8, 4) is 11.1 Å². The number of fused-ring (bicyclic) bond motifs is 5. The van der Waals surface area contributed by atoms with Gasteiger partial charge in [-0.3, -0.25) is 0 Å². The summed E-state index contributed by atoms with van der Waals surface area (Å²) in [6, 6.07) is 32.9. The number of hydrogen-bond donors (Lipinski definition) is 1. The zero-order chi connectivity index (χ0) is 31.1. The molecule has 0 heterocycles. The number of carboxylic acids is 1. The van der Waals surface area contributed by atoms with Gasteiger partial charge in [0, 0.05) is 7.11 Å². The first-order chi connectivity index (χ1) is 21.1. The van der Waals surface area contributed by atoms with Crippen molar-refractivity contribution < 1.29 is 14.6 Å². The van der Waals surface area contributed by atoms with Crippen molar-refractivity contribution in [2.75, 3.05) is 7.11 Å². The standard InChI is InChI=1S/C30H32O.C11H8O2/c1-29(2)16-15-23-22(17-29)18-30(3,4)28-25(23)14-13-24-26(28)12-11-21(19-31-5)27(24)20-9-7-6-8-10-20;12-11(13)10-6-5-8-3-1-2-4-9(8)7-10/h6-16H,17-19H2,1-5H3;1-7H,(H,12,13). The van der Waals surface area contributed by atoms with E-state index in [1.165, 1.54) is 44.2 Å². The first-order valence-electron chi connectivity index (χ1n) is 15.4. The number of aromatic carboxylic acids is 1. The summed E-state index contributed by atoms with van der Waals surface area (Å²) in [5.41, 5.74) is 10.5. The third-order valence-electron chi connectivity index (χ3n) is 9.02. The van der Waals surface area contributed by atoms with Gasteiger partial charge in [-0.2, -0.15) is 0 Å². The molecule has 0 saturated heterocycles. The molecule has 7 rings (SSSR count). The summed E-state index contributed by atoms with van der Waals surface area (Å²) in [5.74, 6) is -0.884. The van der Waals surface area contributed by atoms with Gasteiger partial charge in [0.1, 0.15) is 0 Å².